The maximum absolute atomic E-state index is 6.17. The van der Waals surface area contributed by atoms with Crippen molar-refractivity contribution >= 4 is 17.1 Å². The molecule has 0 bridgehead atoms. The number of aromatic nitrogens is 3. The van der Waals surface area contributed by atoms with E-state index in [-0.39, 0.29) is 0 Å². The first-order valence-corrected chi connectivity index (χ1v) is 12.9. The van der Waals surface area contributed by atoms with Crippen molar-refractivity contribution in [2.24, 2.45) is 0 Å². The van der Waals surface area contributed by atoms with Crippen molar-refractivity contribution in [3.63, 3.8) is 0 Å². The van der Waals surface area contributed by atoms with Gasteiger partial charge in [-0.1, -0.05) is 84.4 Å². The van der Waals surface area contributed by atoms with Gasteiger partial charge < -0.3 is 9.64 Å². The molecule has 5 heteroatoms. The molecule has 5 nitrogen and oxygen atoms in total. The van der Waals surface area contributed by atoms with Crippen molar-refractivity contribution in [3.8, 4) is 45.7 Å². The number of hydrogen-bond acceptors (Lipinski definition) is 5. The number of aryl methyl sites for hydroxylation is 1. The molecule has 0 atom stereocenters. The highest BCUT2D eigenvalue weighted by molar-refractivity contribution is 5.86. The predicted molar refractivity (Wildman–Crippen MR) is 156 cm³/mol. The van der Waals surface area contributed by atoms with Gasteiger partial charge in [0.2, 0.25) is 0 Å². The highest BCUT2D eigenvalue weighted by Gasteiger charge is 2.25. The fourth-order valence-electron chi connectivity index (χ4n) is 4.80. The molecule has 0 amide bonds. The summed E-state index contributed by atoms with van der Waals surface area (Å²) in [5.74, 6) is 3.59. The second kappa shape index (κ2) is 9.54. The van der Waals surface area contributed by atoms with Crippen molar-refractivity contribution in [2.75, 3.05) is 4.90 Å². The summed E-state index contributed by atoms with van der Waals surface area (Å²) in [5.41, 5.74) is 7.04. The van der Waals surface area contributed by atoms with Gasteiger partial charge in [0.1, 0.15) is 0 Å². The lowest BCUT2D eigenvalue weighted by Gasteiger charge is -2.32. The van der Waals surface area contributed by atoms with E-state index in [9.17, 15) is 0 Å². The first-order chi connectivity index (χ1) is 19.2. The quantitative estimate of drug-likeness (QED) is 0.240. The zero-order valence-corrected chi connectivity index (χ0v) is 21.3. The Bertz CT molecular complexity index is 1740. The number of hydrogen-bond donors (Lipinski definition) is 0. The van der Waals surface area contributed by atoms with Crippen LogP contribution in [-0.4, -0.2) is 15.0 Å². The second-order valence-corrected chi connectivity index (χ2v) is 9.46. The van der Waals surface area contributed by atoms with Crippen LogP contribution in [0.2, 0.25) is 0 Å². The standard InChI is InChI=1S/C34H24N4O/c1-23-15-17-25(18-16-23)33-35-32(24-9-3-2-4-10-24)36-34(37-33)26-19-21-27(22-20-26)38-28-11-5-7-13-30(28)39-31-14-8-6-12-29(31)38/h2-22H,1H3. The Kier molecular flexibility index (Phi) is 5.60. The minimum atomic E-state index is 0.633. The van der Waals surface area contributed by atoms with E-state index >= 15 is 0 Å². The topological polar surface area (TPSA) is 51.1 Å². The minimum absolute atomic E-state index is 0.633. The van der Waals surface area contributed by atoms with Gasteiger partial charge in [-0.25, -0.2) is 15.0 Å². The Balaban J connectivity index is 1.32. The molecule has 1 aromatic heterocycles. The number of anilines is 3. The third kappa shape index (κ3) is 4.30. The van der Waals surface area contributed by atoms with Gasteiger partial charge >= 0.3 is 0 Å². The van der Waals surface area contributed by atoms with E-state index in [1.807, 2.05) is 66.7 Å². The van der Waals surface area contributed by atoms with Crippen molar-refractivity contribution in [1.82, 2.24) is 15.0 Å². The average molecular weight is 505 g/mol. The Morgan fingerprint density at radius 3 is 1.44 bits per heavy atom. The zero-order valence-electron chi connectivity index (χ0n) is 21.3. The molecule has 0 radical (unpaired) electrons. The molecule has 186 valence electrons. The largest absolute Gasteiger partial charge is 0.453 e. The molecule has 0 saturated heterocycles. The molecule has 0 aliphatic carbocycles. The van der Waals surface area contributed by atoms with Gasteiger partial charge in [0.25, 0.3) is 0 Å². The fourth-order valence-corrected chi connectivity index (χ4v) is 4.80. The molecule has 5 aromatic carbocycles. The van der Waals surface area contributed by atoms with Crippen LogP contribution in [0, 0.1) is 6.92 Å². The fraction of sp³-hybridized carbons (Fsp3) is 0.0294. The van der Waals surface area contributed by atoms with Crippen LogP contribution in [0.1, 0.15) is 5.56 Å². The maximum atomic E-state index is 6.17. The molecule has 6 aromatic rings. The molecule has 0 N–H and O–H groups in total. The van der Waals surface area contributed by atoms with Gasteiger partial charge in [-0.2, -0.15) is 0 Å². The van der Waals surface area contributed by atoms with Gasteiger partial charge in [0.05, 0.1) is 11.4 Å². The van der Waals surface area contributed by atoms with Crippen LogP contribution < -0.4 is 9.64 Å². The first-order valence-electron chi connectivity index (χ1n) is 12.9. The van der Waals surface area contributed by atoms with Crippen molar-refractivity contribution in [2.45, 2.75) is 6.92 Å². The summed E-state index contributed by atoms with van der Waals surface area (Å²) in [7, 11) is 0. The van der Waals surface area contributed by atoms with Gasteiger partial charge in [0, 0.05) is 22.4 Å². The number of fused-ring (bicyclic) bond motifs is 2. The molecule has 39 heavy (non-hydrogen) atoms. The van der Waals surface area contributed by atoms with Crippen LogP contribution in [-0.2, 0) is 0 Å². The van der Waals surface area contributed by atoms with Gasteiger partial charge in [-0.15, -0.1) is 0 Å². The monoisotopic (exact) mass is 504 g/mol. The molecule has 7 rings (SSSR count). The number of nitrogens with zero attached hydrogens (tertiary/aromatic N) is 4. The van der Waals surface area contributed by atoms with Crippen LogP contribution in [0.15, 0.2) is 127 Å². The van der Waals surface area contributed by atoms with Crippen LogP contribution in [0.5, 0.6) is 11.5 Å². The van der Waals surface area contributed by atoms with E-state index in [0.717, 1.165) is 45.3 Å². The molecular weight excluding hydrogens is 480 g/mol. The molecule has 0 fully saturated rings. The first kappa shape index (κ1) is 22.9. The van der Waals surface area contributed by atoms with Crippen LogP contribution in [0.25, 0.3) is 34.2 Å². The van der Waals surface area contributed by atoms with E-state index in [4.69, 9.17) is 19.7 Å². The summed E-state index contributed by atoms with van der Waals surface area (Å²) < 4.78 is 6.17. The molecule has 1 aliphatic heterocycles. The molecular formula is C34H24N4O. The number of benzene rings is 5. The molecule has 2 heterocycles. The van der Waals surface area contributed by atoms with Crippen LogP contribution in [0.4, 0.5) is 17.1 Å². The number of rotatable bonds is 4. The summed E-state index contributed by atoms with van der Waals surface area (Å²) in [6.45, 7) is 2.07. The third-order valence-electron chi connectivity index (χ3n) is 6.79. The smallest absolute Gasteiger partial charge is 0.164 e. The summed E-state index contributed by atoms with van der Waals surface area (Å²) in [6, 6.07) is 42.8. The summed E-state index contributed by atoms with van der Waals surface area (Å²) in [5, 5.41) is 0. The van der Waals surface area contributed by atoms with Crippen LogP contribution >= 0.6 is 0 Å². The molecule has 0 unspecified atom stereocenters. The number of para-hydroxylation sites is 4. The molecule has 0 spiro atoms. The summed E-state index contributed by atoms with van der Waals surface area (Å²) >= 11 is 0. The Morgan fingerprint density at radius 2 is 0.897 bits per heavy atom. The summed E-state index contributed by atoms with van der Waals surface area (Å²) in [6.07, 6.45) is 0. The highest BCUT2D eigenvalue weighted by atomic mass is 16.5. The van der Waals surface area contributed by atoms with Crippen molar-refractivity contribution in [3.05, 3.63) is 133 Å². The number of ether oxygens (including phenoxy) is 1. The van der Waals surface area contributed by atoms with Gasteiger partial charge in [0.15, 0.2) is 29.0 Å². The average Bonchev–Trinajstić information content (AvgIpc) is 3.00. The van der Waals surface area contributed by atoms with E-state index in [1.54, 1.807) is 0 Å². The SMILES string of the molecule is Cc1ccc(-c2nc(-c3ccccc3)nc(-c3ccc(N4c5ccccc5Oc5ccccc54)cc3)n2)cc1. The molecule has 1 aliphatic rings. The van der Waals surface area contributed by atoms with Gasteiger partial charge in [-0.3, -0.25) is 0 Å². The van der Waals surface area contributed by atoms with E-state index in [2.05, 4.69) is 72.5 Å². The predicted octanol–water partition coefficient (Wildman–Crippen LogP) is 8.76. The minimum Gasteiger partial charge on any atom is -0.453 e. The Labute approximate surface area is 227 Å². The Morgan fingerprint density at radius 1 is 0.462 bits per heavy atom. The van der Waals surface area contributed by atoms with E-state index < -0.39 is 0 Å². The lowest BCUT2D eigenvalue weighted by Crippen LogP contribution is -2.15. The lowest BCUT2D eigenvalue weighted by molar-refractivity contribution is 0.477. The van der Waals surface area contributed by atoms with Crippen LogP contribution in [0.3, 0.4) is 0 Å². The van der Waals surface area contributed by atoms with E-state index in [0.29, 0.717) is 17.5 Å². The summed E-state index contributed by atoms with van der Waals surface area (Å²) in [4.78, 5) is 16.8. The Hall–Kier alpha value is -5.29. The lowest BCUT2D eigenvalue weighted by atomic mass is 10.1. The zero-order chi connectivity index (χ0) is 26.2. The third-order valence-corrected chi connectivity index (χ3v) is 6.79. The normalized spacial score (nSPS) is 11.9. The molecule has 0 saturated carbocycles. The highest BCUT2D eigenvalue weighted by Crippen LogP contribution is 2.50. The van der Waals surface area contributed by atoms with Crippen molar-refractivity contribution in [1.29, 1.82) is 0 Å². The van der Waals surface area contributed by atoms with E-state index in [1.165, 1.54) is 5.56 Å². The second-order valence-electron chi connectivity index (χ2n) is 9.46. The van der Waals surface area contributed by atoms with Gasteiger partial charge in [-0.05, 0) is 55.5 Å². The van der Waals surface area contributed by atoms with Crippen molar-refractivity contribution < 1.29 is 4.74 Å². The maximum Gasteiger partial charge on any atom is 0.164 e.